The van der Waals surface area contributed by atoms with Crippen molar-refractivity contribution < 1.29 is 18.7 Å². The minimum absolute atomic E-state index is 0.0928. The summed E-state index contributed by atoms with van der Waals surface area (Å²) >= 11 is 12.0. The predicted octanol–water partition coefficient (Wildman–Crippen LogP) is 5.71. The van der Waals surface area contributed by atoms with E-state index in [1.807, 2.05) is 0 Å². The molecule has 0 saturated carbocycles. The number of anilines is 2. The van der Waals surface area contributed by atoms with Gasteiger partial charge >= 0.3 is 0 Å². The van der Waals surface area contributed by atoms with Crippen molar-refractivity contribution in [2.24, 2.45) is 0 Å². The number of nitrogens with one attached hydrogen (secondary N) is 1. The van der Waals surface area contributed by atoms with E-state index in [4.69, 9.17) is 27.9 Å². The van der Waals surface area contributed by atoms with Gasteiger partial charge in [-0.05, 0) is 59.7 Å². The highest BCUT2D eigenvalue weighted by molar-refractivity contribution is 6.35. The Bertz CT molecular complexity index is 1210. The minimum Gasteiger partial charge on any atom is -0.482 e. The minimum atomic E-state index is -0.371. The van der Waals surface area contributed by atoms with Crippen molar-refractivity contribution in [3.8, 4) is 5.75 Å². The molecule has 162 valence electrons. The molecular formula is C24H17Cl2FN2O3. The molecule has 3 aromatic carbocycles. The van der Waals surface area contributed by atoms with Crippen LogP contribution in [0.2, 0.25) is 10.0 Å². The summed E-state index contributed by atoms with van der Waals surface area (Å²) in [6.07, 6.45) is 2.94. The topological polar surface area (TPSA) is 58.6 Å². The molecule has 0 aliphatic carbocycles. The molecule has 32 heavy (non-hydrogen) atoms. The van der Waals surface area contributed by atoms with E-state index in [2.05, 4.69) is 5.32 Å². The van der Waals surface area contributed by atoms with Crippen molar-refractivity contribution in [3.63, 3.8) is 0 Å². The summed E-state index contributed by atoms with van der Waals surface area (Å²) in [4.78, 5) is 26.4. The quantitative estimate of drug-likeness (QED) is 0.485. The number of hydrogen-bond donors (Lipinski definition) is 1. The van der Waals surface area contributed by atoms with Gasteiger partial charge in [0.2, 0.25) is 5.91 Å². The molecular weight excluding hydrogens is 454 g/mol. The number of carbonyl (C=O) groups excluding carboxylic acids is 2. The zero-order valence-corrected chi connectivity index (χ0v) is 18.2. The molecule has 0 saturated heterocycles. The van der Waals surface area contributed by atoms with E-state index in [0.717, 1.165) is 5.56 Å². The smallest absolute Gasteiger partial charge is 0.265 e. The van der Waals surface area contributed by atoms with E-state index < -0.39 is 0 Å². The molecule has 0 bridgehead atoms. The number of fused-ring (bicyclic) bond motifs is 1. The first-order chi connectivity index (χ1) is 15.4. The maximum Gasteiger partial charge on any atom is 0.265 e. The number of nitrogens with zero attached hydrogens (tertiary/aromatic N) is 1. The van der Waals surface area contributed by atoms with Gasteiger partial charge in [-0.2, -0.15) is 0 Å². The number of rotatable bonds is 5. The second kappa shape index (κ2) is 9.42. The molecule has 5 nitrogen and oxygen atoms in total. The van der Waals surface area contributed by atoms with Gasteiger partial charge in [-0.25, -0.2) is 4.39 Å². The number of ether oxygens (including phenoxy) is 1. The Balaban J connectivity index is 1.52. The summed E-state index contributed by atoms with van der Waals surface area (Å²) in [5.74, 6) is -0.430. The number of carbonyl (C=O) groups is 2. The van der Waals surface area contributed by atoms with Crippen molar-refractivity contribution in [1.29, 1.82) is 0 Å². The normalized spacial score (nSPS) is 13.1. The zero-order chi connectivity index (χ0) is 22.7. The Morgan fingerprint density at radius 2 is 1.88 bits per heavy atom. The van der Waals surface area contributed by atoms with Gasteiger partial charge in [-0.1, -0.05) is 41.4 Å². The van der Waals surface area contributed by atoms with E-state index in [0.29, 0.717) is 32.7 Å². The molecule has 1 aliphatic rings. The lowest BCUT2D eigenvalue weighted by Gasteiger charge is -2.30. The highest BCUT2D eigenvalue weighted by Crippen LogP contribution is 2.35. The largest absolute Gasteiger partial charge is 0.482 e. The van der Waals surface area contributed by atoms with Crippen LogP contribution in [0.5, 0.6) is 5.75 Å². The van der Waals surface area contributed by atoms with Gasteiger partial charge in [0.1, 0.15) is 11.6 Å². The van der Waals surface area contributed by atoms with Crippen molar-refractivity contribution in [2.75, 3.05) is 16.8 Å². The van der Waals surface area contributed by atoms with Gasteiger partial charge in [-0.15, -0.1) is 0 Å². The third-order valence-corrected chi connectivity index (χ3v) is 5.36. The molecule has 8 heteroatoms. The lowest BCUT2D eigenvalue weighted by Crippen LogP contribution is -2.38. The maximum absolute atomic E-state index is 13.2. The molecule has 0 radical (unpaired) electrons. The fourth-order valence-electron chi connectivity index (χ4n) is 3.21. The first-order valence-corrected chi connectivity index (χ1v) is 10.4. The summed E-state index contributed by atoms with van der Waals surface area (Å²) in [6.45, 7) is 0.159. The van der Waals surface area contributed by atoms with E-state index in [9.17, 15) is 14.0 Å². The van der Waals surface area contributed by atoms with Crippen LogP contribution in [0, 0.1) is 5.82 Å². The lowest BCUT2D eigenvalue weighted by molar-refractivity contribution is -0.121. The molecule has 0 unspecified atom stereocenters. The summed E-state index contributed by atoms with van der Waals surface area (Å²) in [7, 11) is 0. The van der Waals surface area contributed by atoms with Crippen molar-refractivity contribution in [1.82, 2.24) is 0 Å². The molecule has 0 spiro atoms. The average molecular weight is 471 g/mol. The van der Waals surface area contributed by atoms with Gasteiger partial charge in [-0.3, -0.25) is 9.59 Å². The Hall–Kier alpha value is -3.35. The van der Waals surface area contributed by atoms with Crippen LogP contribution in [0.3, 0.4) is 0 Å². The summed E-state index contributed by atoms with van der Waals surface area (Å²) < 4.78 is 18.7. The number of amides is 2. The third kappa shape index (κ3) is 5.10. The number of benzene rings is 3. The van der Waals surface area contributed by atoms with Crippen LogP contribution in [-0.2, 0) is 16.1 Å². The highest BCUT2D eigenvalue weighted by atomic mass is 35.5. The lowest BCUT2D eigenvalue weighted by atomic mass is 10.1. The monoisotopic (exact) mass is 470 g/mol. The molecule has 1 heterocycles. The second-order valence-corrected chi connectivity index (χ2v) is 7.91. The fourth-order valence-corrected chi connectivity index (χ4v) is 3.68. The number of halogens is 3. The summed E-state index contributed by atoms with van der Waals surface area (Å²) in [6, 6.07) is 16.0. The molecule has 4 rings (SSSR count). The molecule has 0 fully saturated rings. The van der Waals surface area contributed by atoms with Gasteiger partial charge < -0.3 is 15.0 Å². The van der Waals surface area contributed by atoms with Crippen LogP contribution in [0.1, 0.15) is 11.1 Å². The predicted molar refractivity (Wildman–Crippen MR) is 124 cm³/mol. The van der Waals surface area contributed by atoms with Crippen LogP contribution in [0.15, 0.2) is 66.7 Å². The van der Waals surface area contributed by atoms with E-state index in [-0.39, 0.29) is 30.8 Å². The Labute approximate surface area is 194 Å². The molecule has 1 N–H and O–H groups in total. The van der Waals surface area contributed by atoms with Crippen LogP contribution >= 0.6 is 23.2 Å². The molecule has 3 aromatic rings. The summed E-state index contributed by atoms with van der Waals surface area (Å²) in [5.41, 5.74) is 2.43. The average Bonchev–Trinajstić information content (AvgIpc) is 2.76. The first-order valence-electron chi connectivity index (χ1n) is 9.65. The first kappa shape index (κ1) is 21.9. The summed E-state index contributed by atoms with van der Waals surface area (Å²) in [5, 5.41) is 3.70. The van der Waals surface area contributed by atoms with Crippen molar-refractivity contribution in [2.45, 2.75) is 6.54 Å². The van der Waals surface area contributed by atoms with Crippen LogP contribution in [-0.4, -0.2) is 18.4 Å². The molecule has 2 amide bonds. The van der Waals surface area contributed by atoms with E-state index in [1.54, 1.807) is 59.5 Å². The van der Waals surface area contributed by atoms with E-state index >= 15 is 0 Å². The van der Waals surface area contributed by atoms with Gasteiger partial charge in [0, 0.05) is 21.8 Å². The molecule has 1 aliphatic heterocycles. The highest BCUT2D eigenvalue weighted by Gasteiger charge is 2.26. The van der Waals surface area contributed by atoms with Gasteiger partial charge in [0.15, 0.2) is 6.61 Å². The fraction of sp³-hybridized carbons (Fsp3) is 0.0833. The van der Waals surface area contributed by atoms with E-state index in [1.165, 1.54) is 18.2 Å². The van der Waals surface area contributed by atoms with Crippen molar-refractivity contribution >= 4 is 52.5 Å². The second-order valence-electron chi connectivity index (χ2n) is 7.07. The van der Waals surface area contributed by atoms with Crippen LogP contribution in [0.4, 0.5) is 15.8 Å². The van der Waals surface area contributed by atoms with Crippen LogP contribution in [0.25, 0.3) is 6.08 Å². The van der Waals surface area contributed by atoms with Crippen LogP contribution < -0.4 is 15.0 Å². The Kier molecular flexibility index (Phi) is 6.44. The zero-order valence-electron chi connectivity index (χ0n) is 16.6. The SMILES string of the molecule is O=C(/C=C/c1ccc(Cl)cc1Cl)Nc1ccc2c(c1)N(Cc1ccc(F)cc1)C(=O)CO2. The Morgan fingerprint density at radius 1 is 1.09 bits per heavy atom. The Morgan fingerprint density at radius 3 is 2.62 bits per heavy atom. The van der Waals surface area contributed by atoms with Gasteiger partial charge in [0.05, 0.1) is 12.2 Å². The number of hydrogen-bond acceptors (Lipinski definition) is 3. The van der Waals surface area contributed by atoms with Gasteiger partial charge in [0.25, 0.3) is 5.91 Å². The third-order valence-electron chi connectivity index (χ3n) is 4.80. The molecule has 0 aromatic heterocycles. The molecule has 0 atom stereocenters. The maximum atomic E-state index is 13.2. The van der Waals surface area contributed by atoms with Crippen molar-refractivity contribution in [3.05, 3.63) is 93.7 Å². The standard InChI is InChI=1S/C24H17Cl2FN2O3/c25-17-5-3-16(20(26)11-17)4-10-23(30)28-19-8-9-22-21(12-19)29(24(31)14-32-22)13-15-1-6-18(27)7-2-15/h1-12H,13-14H2,(H,28,30)/b10-4+.